The molecular weight excluding hydrogens is 249 g/mol. The molecule has 0 bridgehead atoms. The van der Waals surface area contributed by atoms with Gasteiger partial charge in [0, 0.05) is 5.56 Å². The lowest BCUT2D eigenvalue weighted by Crippen LogP contribution is -2.41. The van der Waals surface area contributed by atoms with Crippen LogP contribution >= 0.6 is 0 Å². The summed E-state index contributed by atoms with van der Waals surface area (Å²) < 4.78 is 13.3. The molecule has 0 heterocycles. The van der Waals surface area contributed by atoms with Crippen LogP contribution in [0.5, 0.6) is 0 Å². The summed E-state index contributed by atoms with van der Waals surface area (Å²) in [6.45, 7) is 5.33. The zero-order valence-electron chi connectivity index (χ0n) is 11.2. The third-order valence-electron chi connectivity index (χ3n) is 2.74. The SMILES string of the molecule is Cc1ccc(C(=O)N[C@@H](CC(C)C)C(=O)O)cc1F. The van der Waals surface area contributed by atoms with Crippen LogP contribution in [-0.2, 0) is 4.79 Å². The van der Waals surface area contributed by atoms with Gasteiger partial charge in [0.1, 0.15) is 11.9 Å². The van der Waals surface area contributed by atoms with E-state index >= 15 is 0 Å². The molecule has 1 amide bonds. The Morgan fingerprint density at radius 3 is 2.47 bits per heavy atom. The van der Waals surface area contributed by atoms with Crippen molar-refractivity contribution in [3.8, 4) is 0 Å². The Morgan fingerprint density at radius 2 is 2.00 bits per heavy atom. The third kappa shape index (κ3) is 4.35. The Labute approximate surface area is 111 Å². The monoisotopic (exact) mass is 267 g/mol. The van der Waals surface area contributed by atoms with Crippen molar-refractivity contribution in [1.29, 1.82) is 0 Å². The number of carbonyl (C=O) groups excluding carboxylic acids is 1. The predicted molar refractivity (Wildman–Crippen MR) is 69.5 cm³/mol. The summed E-state index contributed by atoms with van der Waals surface area (Å²) in [5.41, 5.74) is 0.562. The van der Waals surface area contributed by atoms with Crippen LogP contribution in [0.25, 0.3) is 0 Å². The maximum absolute atomic E-state index is 13.3. The quantitative estimate of drug-likeness (QED) is 0.860. The standard InChI is InChI=1S/C14H18FNO3/c1-8(2)6-12(14(18)19)16-13(17)10-5-4-9(3)11(15)7-10/h4-5,7-8,12H,6H2,1-3H3,(H,16,17)(H,18,19)/t12-/m0/s1. The van der Waals surface area contributed by atoms with Crippen LogP contribution in [0.2, 0.25) is 0 Å². The second kappa shape index (κ2) is 6.31. The van der Waals surface area contributed by atoms with E-state index in [0.29, 0.717) is 12.0 Å². The van der Waals surface area contributed by atoms with E-state index in [0.717, 1.165) is 6.07 Å². The van der Waals surface area contributed by atoms with Crippen LogP contribution in [0.1, 0.15) is 36.2 Å². The normalized spacial score (nSPS) is 12.3. The molecule has 0 aromatic heterocycles. The number of carboxylic acid groups (broad SMARTS) is 1. The van der Waals surface area contributed by atoms with E-state index in [1.54, 1.807) is 6.92 Å². The summed E-state index contributed by atoms with van der Waals surface area (Å²) in [6.07, 6.45) is 0.329. The molecule has 1 rings (SSSR count). The first-order chi connectivity index (χ1) is 8.81. The van der Waals surface area contributed by atoms with Crippen molar-refractivity contribution in [2.75, 3.05) is 0 Å². The van der Waals surface area contributed by atoms with Gasteiger partial charge in [-0.2, -0.15) is 0 Å². The number of aryl methyl sites for hydroxylation is 1. The smallest absolute Gasteiger partial charge is 0.326 e. The van der Waals surface area contributed by atoms with Crippen LogP contribution in [0.3, 0.4) is 0 Å². The van der Waals surface area contributed by atoms with Crippen LogP contribution in [0, 0.1) is 18.7 Å². The largest absolute Gasteiger partial charge is 0.480 e. The summed E-state index contributed by atoms with van der Waals surface area (Å²) in [4.78, 5) is 22.9. The molecule has 1 aromatic carbocycles. The minimum atomic E-state index is -1.09. The number of aliphatic carboxylic acids is 1. The summed E-state index contributed by atoms with van der Waals surface area (Å²) in [7, 11) is 0. The summed E-state index contributed by atoms with van der Waals surface area (Å²) in [6, 6.07) is 3.11. The molecule has 19 heavy (non-hydrogen) atoms. The fourth-order valence-electron chi connectivity index (χ4n) is 1.67. The topological polar surface area (TPSA) is 66.4 Å². The van der Waals surface area contributed by atoms with Gasteiger partial charge in [-0.05, 0) is 37.0 Å². The second-order valence-electron chi connectivity index (χ2n) is 4.96. The van der Waals surface area contributed by atoms with Gasteiger partial charge in [-0.1, -0.05) is 19.9 Å². The zero-order valence-corrected chi connectivity index (χ0v) is 11.2. The molecule has 0 aliphatic carbocycles. The molecule has 0 saturated carbocycles. The minimum absolute atomic E-state index is 0.123. The molecule has 0 aliphatic heterocycles. The van der Waals surface area contributed by atoms with Crippen LogP contribution in [-0.4, -0.2) is 23.0 Å². The molecule has 0 saturated heterocycles. The van der Waals surface area contributed by atoms with Crippen molar-refractivity contribution < 1.29 is 19.1 Å². The Morgan fingerprint density at radius 1 is 1.37 bits per heavy atom. The van der Waals surface area contributed by atoms with Gasteiger partial charge in [0.25, 0.3) is 5.91 Å². The second-order valence-corrected chi connectivity index (χ2v) is 4.96. The summed E-state index contributed by atoms with van der Waals surface area (Å²) in [5, 5.41) is 11.4. The number of carboxylic acids is 1. The molecule has 104 valence electrons. The third-order valence-corrected chi connectivity index (χ3v) is 2.74. The number of hydrogen-bond donors (Lipinski definition) is 2. The molecule has 0 aliphatic rings. The van der Waals surface area contributed by atoms with Gasteiger partial charge in [-0.25, -0.2) is 9.18 Å². The first kappa shape index (κ1) is 15.1. The number of halogens is 1. The highest BCUT2D eigenvalue weighted by atomic mass is 19.1. The summed E-state index contributed by atoms with van der Waals surface area (Å²) in [5.74, 6) is -2.01. The Kier molecular flexibility index (Phi) is 5.03. The molecule has 2 N–H and O–H groups in total. The number of benzene rings is 1. The lowest BCUT2D eigenvalue weighted by Gasteiger charge is -2.16. The first-order valence-electron chi connectivity index (χ1n) is 6.11. The Balaban J connectivity index is 2.81. The van der Waals surface area contributed by atoms with E-state index in [2.05, 4.69) is 5.32 Å². The zero-order chi connectivity index (χ0) is 14.6. The predicted octanol–water partition coefficient (Wildman–Crippen LogP) is 2.36. The number of carbonyl (C=O) groups is 2. The maximum Gasteiger partial charge on any atom is 0.326 e. The van der Waals surface area contributed by atoms with Crippen molar-refractivity contribution in [3.05, 3.63) is 35.1 Å². The molecule has 0 radical (unpaired) electrons. The van der Waals surface area contributed by atoms with Gasteiger partial charge in [0.05, 0.1) is 0 Å². The lowest BCUT2D eigenvalue weighted by molar-refractivity contribution is -0.139. The number of rotatable bonds is 5. The number of amides is 1. The van der Waals surface area contributed by atoms with Crippen LogP contribution < -0.4 is 5.32 Å². The van der Waals surface area contributed by atoms with Gasteiger partial charge in [0.2, 0.25) is 0 Å². The van der Waals surface area contributed by atoms with E-state index in [1.807, 2.05) is 13.8 Å². The fourth-order valence-corrected chi connectivity index (χ4v) is 1.67. The maximum atomic E-state index is 13.3. The van der Waals surface area contributed by atoms with Gasteiger partial charge in [0.15, 0.2) is 0 Å². The van der Waals surface area contributed by atoms with Gasteiger partial charge in [-0.15, -0.1) is 0 Å². The van der Waals surface area contributed by atoms with Crippen LogP contribution in [0.15, 0.2) is 18.2 Å². The molecule has 0 spiro atoms. The van der Waals surface area contributed by atoms with Gasteiger partial charge in [-0.3, -0.25) is 4.79 Å². The van der Waals surface area contributed by atoms with Crippen molar-refractivity contribution >= 4 is 11.9 Å². The molecule has 1 atom stereocenters. The molecular formula is C14H18FNO3. The lowest BCUT2D eigenvalue weighted by atomic mass is 10.0. The molecule has 4 nitrogen and oxygen atoms in total. The van der Waals surface area contributed by atoms with E-state index in [-0.39, 0.29) is 11.5 Å². The molecule has 1 aromatic rings. The highest BCUT2D eigenvalue weighted by molar-refractivity contribution is 5.96. The summed E-state index contributed by atoms with van der Waals surface area (Å²) >= 11 is 0. The van der Waals surface area contributed by atoms with E-state index < -0.39 is 23.7 Å². The van der Waals surface area contributed by atoms with Crippen molar-refractivity contribution in [2.45, 2.75) is 33.2 Å². The highest BCUT2D eigenvalue weighted by Crippen LogP contribution is 2.11. The first-order valence-corrected chi connectivity index (χ1v) is 6.11. The van der Waals surface area contributed by atoms with Crippen molar-refractivity contribution in [2.24, 2.45) is 5.92 Å². The van der Waals surface area contributed by atoms with E-state index in [1.165, 1.54) is 12.1 Å². The van der Waals surface area contributed by atoms with Crippen LogP contribution in [0.4, 0.5) is 4.39 Å². The van der Waals surface area contributed by atoms with Crippen molar-refractivity contribution in [1.82, 2.24) is 5.32 Å². The molecule has 0 fully saturated rings. The van der Waals surface area contributed by atoms with E-state index in [9.17, 15) is 14.0 Å². The Bertz CT molecular complexity index is 486. The highest BCUT2D eigenvalue weighted by Gasteiger charge is 2.21. The fraction of sp³-hybridized carbons (Fsp3) is 0.429. The van der Waals surface area contributed by atoms with Crippen molar-refractivity contribution in [3.63, 3.8) is 0 Å². The number of nitrogens with one attached hydrogen (secondary N) is 1. The number of hydrogen-bond acceptors (Lipinski definition) is 2. The average molecular weight is 267 g/mol. The minimum Gasteiger partial charge on any atom is -0.480 e. The average Bonchev–Trinajstić information content (AvgIpc) is 2.31. The van der Waals surface area contributed by atoms with Gasteiger partial charge < -0.3 is 10.4 Å². The Hall–Kier alpha value is -1.91. The van der Waals surface area contributed by atoms with E-state index in [4.69, 9.17) is 5.11 Å². The molecule has 5 heteroatoms. The molecule has 0 unspecified atom stereocenters. The van der Waals surface area contributed by atoms with Gasteiger partial charge >= 0.3 is 5.97 Å².